The van der Waals surface area contributed by atoms with Gasteiger partial charge < -0.3 is 9.73 Å². The van der Waals surface area contributed by atoms with E-state index < -0.39 is 5.25 Å². The average molecular weight is 356 g/mol. The Morgan fingerprint density at radius 1 is 1.33 bits per heavy atom. The minimum atomic E-state index is -0.451. The van der Waals surface area contributed by atoms with Gasteiger partial charge in [0.25, 0.3) is 11.1 Å². The third kappa shape index (κ3) is 3.64. The molecule has 6 nitrogen and oxygen atoms in total. The summed E-state index contributed by atoms with van der Waals surface area (Å²) in [5, 5.41) is 21.5. The number of carbonyl (C=O) groups excluding carboxylic acids is 1. The second-order valence-electron chi connectivity index (χ2n) is 4.76. The van der Waals surface area contributed by atoms with Crippen molar-refractivity contribution in [2.45, 2.75) is 17.4 Å². The van der Waals surface area contributed by atoms with E-state index in [0.717, 1.165) is 4.88 Å². The zero-order valence-corrected chi connectivity index (χ0v) is 14.2. The summed E-state index contributed by atoms with van der Waals surface area (Å²) in [7, 11) is 0. The van der Waals surface area contributed by atoms with E-state index in [4.69, 9.17) is 9.68 Å². The largest absolute Gasteiger partial charge is 0.410 e. The molecule has 0 radical (unpaired) electrons. The third-order valence-corrected chi connectivity index (χ3v) is 4.88. The molecular weight excluding hydrogens is 344 g/mol. The lowest BCUT2D eigenvalue weighted by atomic mass is 10.2. The van der Waals surface area contributed by atoms with Crippen LogP contribution in [0.2, 0.25) is 0 Å². The van der Waals surface area contributed by atoms with Crippen molar-refractivity contribution < 1.29 is 9.21 Å². The van der Waals surface area contributed by atoms with Gasteiger partial charge >= 0.3 is 0 Å². The molecule has 2 aromatic heterocycles. The zero-order valence-electron chi connectivity index (χ0n) is 12.6. The SMILES string of the molecule is CC(Sc1nnc(-c2cccs2)o1)C(=O)Nc1ccccc1C#N. The molecule has 0 aliphatic carbocycles. The van der Waals surface area contributed by atoms with Crippen molar-refractivity contribution in [1.82, 2.24) is 10.2 Å². The molecule has 24 heavy (non-hydrogen) atoms. The van der Waals surface area contributed by atoms with Crippen LogP contribution in [-0.2, 0) is 4.79 Å². The van der Waals surface area contributed by atoms with Crippen LogP contribution in [0.25, 0.3) is 10.8 Å². The normalized spacial score (nSPS) is 11.7. The van der Waals surface area contributed by atoms with E-state index in [2.05, 4.69) is 15.5 Å². The molecule has 1 atom stereocenters. The van der Waals surface area contributed by atoms with Gasteiger partial charge in [0.2, 0.25) is 5.91 Å². The second-order valence-corrected chi connectivity index (χ2v) is 7.00. The van der Waals surface area contributed by atoms with Gasteiger partial charge in [0.05, 0.1) is 21.4 Å². The predicted octanol–water partition coefficient (Wildman–Crippen LogP) is 3.79. The summed E-state index contributed by atoms with van der Waals surface area (Å²) in [4.78, 5) is 13.2. The maximum Gasteiger partial charge on any atom is 0.277 e. The number of hydrogen-bond acceptors (Lipinski definition) is 7. The topological polar surface area (TPSA) is 91.8 Å². The van der Waals surface area contributed by atoms with E-state index in [-0.39, 0.29) is 5.91 Å². The van der Waals surface area contributed by atoms with Crippen LogP contribution in [0, 0.1) is 11.3 Å². The number of rotatable bonds is 5. The van der Waals surface area contributed by atoms with Gasteiger partial charge in [-0.15, -0.1) is 21.5 Å². The van der Waals surface area contributed by atoms with Crippen molar-refractivity contribution in [3.63, 3.8) is 0 Å². The van der Waals surface area contributed by atoms with Gasteiger partial charge in [-0.05, 0) is 30.5 Å². The summed E-state index contributed by atoms with van der Waals surface area (Å²) in [6.07, 6.45) is 0. The van der Waals surface area contributed by atoms with Crippen LogP contribution < -0.4 is 5.32 Å². The molecule has 1 unspecified atom stereocenters. The van der Waals surface area contributed by atoms with E-state index in [1.807, 2.05) is 23.6 Å². The highest BCUT2D eigenvalue weighted by atomic mass is 32.2. The fourth-order valence-corrected chi connectivity index (χ4v) is 3.21. The fraction of sp³-hybridized carbons (Fsp3) is 0.125. The Bertz CT molecular complexity index is 884. The first kappa shape index (κ1) is 16.2. The van der Waals surface area contributed by atoms with Gasteiger partial charge in [0.1, 0.15) is 6.07 Å². The highest BCUT2D eigenvalue weighted by molar-refractivity contribution is 8.00. The smallest absolute Gasteiger partial charge is 0.277 e. The number of aromatic nitrogens is 2. The second kappa shape index (κ2) is 7.29. The Morgan fingerprint density at radius 3 is 2.92 bits per heavy atom. The minimum Gasteiger partial charge on any atom is -0.410 e. The zero-order chi connectivity index (χ0) is 16.9. The molecule has 0 spiro atoms. The van der Waals surface area contributed by atoms with Crippen molar-refractivity contribution in [2.24, 2.45) is 0 Å². The van der Waals surface area contributed by atoms with Crippen molar-refractivity contribution in [3.05, 3.63) is 47.3 Å². The summed E-state index contributed by atoms with van der Waals surface area (Å²) in [6, 6.07) is 12.7. The quantitative estimate of drug-likeness (QED) is 0.699. The standard InChI is InChI=1S/C16H12N4O2S2/c1-10(14(21)18-12-6-3-2-5-11(12)9-17)24-16-20-19-15(22-16)13-7-4-8-23-13/h2-8,10H,1H3,(H,18,21). The van der Waals surface area contributed by atoms with E-state index in [1.54, 1.807) is 31.2 Å². The molecule has 0 saturated carbocycles. The molecule has 1 amide bonds. The lowest BCUT2D eigenvalue weighted by Crippen LogP contribution is -2.22. The molecule has 8 heteroatoms. The first-order valence-corrected chi connectivity index (χ1v) is 8.77. The Labute approximate surface area is 146 Å². The maximum atomic E-state index is 12.3. The van der Waals surface area contributed by atoms with E-state index in [9.17, 15) is 4.79 Å². The Kier molecular flexibility index (Phi) is 4.93. The number of amides is 1. The number of carbonyl (C=O) groups is 1. The predicted molar refractivity (Wildman–Crippen MR) is 92.7 cm³/mol. The number of benzene rings is 1. The van der Waals surface area contributed by atoms with Crippen LogP contribution in [0.3, 0.4) is 0 Å². The summed E-state index contributed by atoms with van der Waals surface area (Å²) in [5.74, 6) is 0.202. The molecular formula is C16H12N4O2S2. The Morgan fingerprint density at radius 2 is 2.17 bits per heavy atom. The molecule has 0 fully saturated rings. The lowest BCUT2D eigenvalue weighted by Gasteiger charge is -2.10. The van der Waals surface area contributed by atoms with Crippen LogP contribution in [0.15, 0.2) is 51.4 Å². The molecule has 3 aromatic rings. The van der Waals surface area contributed by atoms with Gasteiger partial charge in [-0.25, -0.2) is 0 Å². The first-order chi connectivity index (χ1) is 11.7. The van der Waals surface area contributed by atoms with Crippen LogP contribution in [0.1, 0.15) is 12.5 Å². The van der Waals surface area contributed by atoms with E-state index in [1.165, 1.54) is 23.1 Å². The molecule has 120 valence electrons. The van der Waals surface area contributed by atoms with E-state index >= 15 is 0 Å². The minimum absolute atomic E-state index is 0.237. The van der Waals surface area contributed by atoms with Gasteiger partial charge in [0.15, 0.2) is 0 Å². The average Bonchev–Trinajstić information content (AvgIpc) is 3.26. The van der Waals surface area contributed by atoms with Crippen LogP contribution >= 0.6 is 23.1 Å². The maximum absolute atomic E-state index is 12.3. The number of anilines is 1. The molecule has 0 saturated heterocycles. The molecule has 1 aromatic carbocycles. The number of para-hydroxylation sites is 1. The Balaban J connectivity index is 1.65. The highest BCUT2D eigenvalue weighted by Crippen LogP contribution is 2.29. The summed E-state index contributed by atoms with van der Waals surface area (Å²) in [6.45, 7) is 1.74. The van der Waals surface area contributed by atoms with Crippen LogP contribution in [-0.4, -0.2) is 21.4 Å². The monoisotopic (exact) mass is 356 g/mol. The first-order valence-electron chi connectivity index (χ1n) is 7.01. The number of thiophene rings is 1. The van der Waals surface area contributed by atoms with Crippen molar-refractivity contribution in [2.75, 3.05) is 5.32 Å². The number of nitrogens with zero attached hydrogens (tertiary/aromatic N) is 3. The van der Waals surface area contributed by atoms with Gasteiger partial charge in [-0.1, -0.05) is 30.0 Å². The Hall–Kier alpha value is -2.63. The molecule has 3 rings (SSSR count). The van der Waals surface area contributed by atoms with E-state index in [0.29, 0.717) is 22.4 Å². The van der Waals surface area contributed by atoms with Crippen molar-refractivity contribution >= 4 is 34.7 Å². The molecule has 0 aliphatic heterocycles. The molecule has 0 bridgehead atoms. The van der Waals surface area contributed by atoms with Crippen molar-refractivity contribution in [1.29, 1.82) is 5.26 Å². The highest BCUT2D eigenvalue weighted by Gasteiger charge is 2.19. The number of thioether (sulfide) groups is 1. The fourth-order valence-electron chi connectivity index (χ4n) is 1.89. The molecule has 0 aliphatic rings. The van der Waals surface area contributed by atoms with Crippen LogP contribution in [0.4, 0.5) is 5.69 Å². The summed E-state index contributed by atoms with van der Waals surface area (Å²) >= 11 is 2.68. The lowest BCUT2D eigenvalue weighted by molar-refractivity contribution is -0.115. The molecule has 2 heterocycles. The third-order valence-electron chi connectivity index (χ3n) is 3.09. The number of hydrogen-bond donors (Lipinski definition) is 1. The van der Waals surface area contributed by atoms with Gasteiger partial charge in [0, 0.05) is 0 Å². The van der Waals surface area contributed by atoms with Crippen LogP contribution in [0.5, 0.6) is 0 Å². The summed E-state index contributed by atoms with van der Waals surface area (Å²) < 4.78 is 5.56. The number of nitriles is 1. The van der Waals surface area contributed by atoms with Gasteiger partial charge in [-0.3, -0.25) is 4.79 Å². The van der Waals surface area contributed by atoms with Crippen molar-refractivity contribution in [3.8, 4) is 16.8 Å². The number of nitrogens with one attached hydrogen (secondary N) is 1. The van der Waals surface area contributed by atoms with Gasteiger partial charge in [-0.2, -0.15) is 5.26 Å². The molecule has 1 N–H and O–H groups in total. The summed E-state index contributed by atoms with van der Waals surface area (Å²) in [5.41, 5.74) is 0.906.